The number of aromatic nitrogens is 3. The molecule has 41 heavy (non-hydrogen) atoms. The summed E-state index contributed by atoms with van der Waals surface area (Å²) in [7, 11) is 0. The molecule has 2 N–H and O–H groups in total. The van der Waals surface area contributed by atoms with Gasteiger partial charge in [-0.05, 0) is 76.6 Å². The van der Waals surface area contributed by atoms with Crippen LogP contribution in [0, 0.1) is 5.92 Å². The van der Waals surface area contributed by atoms with Crippen molar-refractivity contribution in [2.45, 2.75) is 71.2 Å². The van der Waals surface area contributed by atoms with Crippen LogP contribution in [0.2, 0.25) is 0 Å². The third kappa shape index (κ3) is 5.02. The number of likely N-dealkylation sites (tertiary alicyclic amines) is 1. The van der Waals surface area contributed by atoms with E-state index in [1.165, 1.54) is 23.7 Å². The zero-order valence-corrected chi connectivity index (χ0v) is 24.1. The highest BCUT2D eigenvalue weighted by Crippen LogP contribution is 2.38. The first-order chi connectivity index (χ1) is 19.7. The lowest BCUT2D eigenvalue weighted by atomic mass is 10.0. The topological polar surface area (TPSA) is 93.4 Å². The van der Waals surface area contributed by atoms with Crippen LogP contribution in [0.15, 0.2) is 42.5 Å². The van der Waals surface area contributed by atoms with E-state index in [0.29, 0.717) is 18.7 Å². The van der Waals surface area contributed by atoms with Crippen molar-refractivity contribution in [3.63, 3.8) is 0 Å². The number of hydrogen-bond acceptors (Lipinski definition) is 5. The Bertz CT molecular complexity index is 1660. The number of piperidine rings is 1. The van der Waals surface area contributed by atoms with Crippen molar-refractivity contribution in [3.8, 4) is 11.5 Å². The van der Waals surface area contributed by atoms with Crippen LogP contribution in [0.4, 0.5) is 10.5 Å². The Morgan fingerprint density at radius 2 is 1.93 bits per heavy atom. The van der Waals surface area contributed by atoms with E-state index in [-0.39, 0.29) is 11.9 Å². The molecule has 1 saturated heterocycles. The molecule has 0 spiro atoms. The third-order valence-corrected chi connectivity index (χ3v) is 8.35. The first-order valence-electron chi connectivity index (χ1n) is 14.9. The number of anilines is 1. The summed E-state index contributed by atoms with van der Waals surface area (Å²) in [6.07, 6.45) is 3.77. The van der Waals surface area contributed by atoms with Gasteiger partial charge in [-0.15, -0.1) is 0 Å². The van der Waals surface area contributed by atoms with Crippen LogP contribution < -0.4 is 10.6 Å². The zero-order valence-electron chi connectivity index (χ0n) is 24.1. The Labute approximate surface area is 239 Å². The van der Waals surface area contributed by atoms with Gasteiger partial charge in [-0.1, -0.05) is 18.2 Å². The minimum Gasteiger partial charge on any atom is -0.444 e. The van der Waals surface area contributed by atoms with Gasteiger partial charge in [0.2, 0.25) is 0 Å². The second-order valence-corrected chi connectivity index (χ2v) is 12.8. The number of benzene rings is 2. The quantitative estimate of drug-likeness (QED) is 0.334. The number of imidazole rings is 1. The first-order valence-corrected chi connectivity index (χ1v) is 14.9. The molecule has 0 radical (unpaired) electrons. The van der Waals surface area contributed by atoms with Crippen LogP contribution in [0.3, 0.4) is 0 Å². The number of alkyl carbamates (subject to hydrolysis) is 1. The van der Waals surface area contributed by atoms with Gasteiger partial charge in [0.1, 0.15) is 5.60 Å². The van der Waals surface area contributed by atoms with Gasteiger partial charge in [-0.3, -0.25) is 4.79 Å². The average Bonchev–Trinajstić information content (AvgIpc) is 3.58. The number of hydrogen-bond donors (Lipinski definition) is 2. The fourth-order valence-corrected chi connectivity index (χ4v) is 6.33. The van der Waals surface area contributed by atoms with Crippen LogP contribution in [-0.2, 0) is 17.8 Å². The Morgan fingerprint density at radius 1 is 1.10 bits per heavy atom. The van der Waals surface area contributed by atoms with Gasteiger partial charge in [0.05, 0.1) is 22.4 Å². The number of rotatable bonds is 5. The number of fused-ring (bicyclic) bond motifs is 1. The van der Waals surface area contributed by atoms with Crippen LogP contribution in [0.1, 0.15) is 56.8 Å². The second-order valence-electron chi connectivity index (χ2n) is 12.8. The van der Waals surface area contributed by atoms with E-state index in [0.717, 1.165) is 66.6 Å². The summed E-state index contributed by atoms with van der Waals surface area (Å²) in [5.74, 6) is 1.66. The van der Waals surface area contributed by atoms with E-state index in [1.807, 2.05) is 37.8 Å². The number of amides is 2. The molecule has 4 heterocycles. The first kappa shape index (κ1) is 25.9. The normalized spacial score (nSPS) is 18.9. The minimum atomic E-state index is -0.563. The van der Waals surface area contributed by atoms with Crippen molar-refractivity contribution in [3.05, 3.63) is 48.0 Å². The smallest absolute Gasteiger partial charge is 0.407 e. The molecule has 0 bridgehead atoms. The lowest BCUT2D eigenvalue weighted by Gasteiger charge is -2.33. The number of carbonyl (C=O) groups is 2. The minimum absolute atomic E-state index is 0.0369. The van der Waals surface area contributed by atoms with Crippen molar-refractivity contribution >= 4 is 39.6 Å². The van der Waals surface area contributed by atoms with Crippen LogP contribution in [0.5, 0.6) is 0 Å². The second kappa shape index (κ2) is 9.82. The summed E-state index contributed by atoms with van der Waals surface area (Å²) in [6, 6.07) is 14.6. The largest absolute Gasteiger partial charge is 0.444 e. The highest BCUT2D eigenvalue weighted by atomic mass is 16.6. The van der Waals surface area contributed by atoms with Crippen molar-refractivity contribution < 1.29 is 14.3 Å². The standard InChI is InChI=1S/C32H38N6O3/c1-32(2,3)41-31(40)34-23-8-6-13-36(19-23)30(39)22-15-24-28-25(16-22)35-29(37(28)14-12-33-24)27-17-21-7-4-5-9-26(21)38(27)18-20-10-11-20/h4-5,7,9,15-17,20,23,33H,6,8,10-14,18-19H2,1-3H3,(H,34,40)/t23-/m1/s1. The van der Waals surface area contributed by atoms with Gasteiger partial charge in [-0.2, -0.15) is 0 Å². The molecule has 0 unspecified atom stereocenters. The van der Waals surface area contributed by atoms with E-state index in [2.05, 4.69) is 50.1 Å². The Kier molecular flexibility index (Phi) is 6.21. The molecule has 214 valence electrons. The molecule has 1 aliphatic carbocycles. The maximum absolute atomic E-state index is 13.8. The molecule has 2 amide bonds. The summed E-state index contributed by atoms with van der Waals surface area (Å²) >= 11 is 0. The average molecular weight is 555 g/mol. The highest BCUT2D eigenvalue weighted by Gasteiger charge is 2.30. The Morgan fingerprint density at radius 3 is 2.73 bits per heavy atom. The number of nitrogens with zero attached hydrogens (tertiary/aromatic N) is 4. The molecule has 4 aromatic rings. The molecule has 9 nitrogen and oxygen atoms in total. The predicted octanol–water partition coefficient (Wildman–Crippen LogP) is 5.62. The summed E-state index contributed by atoms with van der Waals surface area (Å²) in [4.78, 5) is 33.1. The van der Waals surface area contributed by atoms with E-state index < -0.39 is 11.7 Å². The van der Waals surface area contributed by atoms with Crippen molar-refractivity contribution in [2.24, 2.45) is 5.92 Å². The van der Waals surface area contributed by atoms with Gasteiger partial charge in [0.15, 0.2) is 5.82 Å². The molecule has 2 aromatic heterocycles. The molecule has 2 fully saturated rings. The van der Waals surface area contributed by atoms with Gasteiger partial charge in [0, 0.05) is 55.2 Å². The van der Waals surface area contributed by atoms with Crippen LogP contribution in [-0.4, -0.2) is 62.3 Å². The molecule has 1 saturated carbocycles. The van der Waals surface area contributed by atoms with Gasteiger partial charge in [0.25, 0.3) is 5.91 Å². The number of ether oxygens (including phenoxy) is 1. The number of para-hydroxylation sites is 1. The van der Waals surface area contributed by atoms with Crippen LogP contribution in [0.25, 0.3) is 33.5 Å². The summed E-state index contributed by atoms with van der Waals surface area (Å²) < 4.78 is 10.2. The summed E-state index contributed by atoms with van der Waals surface area (Å²) in [5.41, 5.74) is 5.27. The predicted molar refractivity (Wildman–Crippen MR) is 160 cm³/mol. The molecule has 9 heteroatoms. The maximum Gasteiger partial charge on any atom is 0.407 e. The lowest BCUT2D eigenvalue weighted by molar-refractivity contribution is 0.0452. The molecule has 2 aliphatic heterocycles. The fourth-order valence-electron chi connectivity index (χ4n) is 6.33. The van der Waals surface area contributed by atoms with Crippen LogP contribution >= 0.6 is 0 Å². The molecule has 7 rings (SSSR count). The molecule has 1 atom stereocenters. The summed E-state index contributed by atoms with van der Waals surface area (Å²) in [6.45, 7) is 9.26. The van der Waals surface area contributed by atoms with Crippen molar-refractivity contribution in [1.82, 2.24) is 24.3 Å². The van der Waals surface area contributed by atoms with Gasteiger partial charge < -0.3 is 29.4 Å². The molecule has 3 aliphatic rings. The maximum atomic E-state index is 13.8. The monoisotopic (exact) mass is 554 g/mol. The Balaban J connectivity index is 1.20. The summed E-state index contributed by atoms with van der Waals surface area (Å²) in [5, 5.41) is 7.70. The molecular formula is C32H38N6O3. The number of carbonyl (C=O) groups excluding carboxylic acids is 2. The molecule has 2 aromatic carbocycles. The van der Waals surface area contributed by atoms with Gasteiger partial charge in [-0.25, -0.2) is 9.78 Å². The van der Waals surface area contributed by atoms with Crippen molar-refractivity contribution in [2.75, 3.05) is 25.0 Å². The lowest BCUT2D eigenvalue weighted by Crippen LogP contribution is -2.50. The van der Waals surface area contributed by atoms with Gasteiger partial charge >= 0.3 is 6.09 Å². The van der Waals surface area contributed by atoms with E-state index in [1.54, 1.807) is 0 Å². The Hall–Kier alpha value is -4.01. The van der Waals surface area contributed by atoms with E-state index in [9.17, 15) is 9.59 Å². The van der Waals surface area contributed by atoms with Crippen molar-refractivity contribution in [1.29, 1.82) is 0 Å². The molecular weight excluding hydrogens is 516 g/mol. The zero-order chi connectivity index (χ0) is 28.3. The highest BCUT2D eigenvalue weighted by molar-refractivity contribution is 6.03. The van der Waals surface area contributed by atoms with E-state index in [4.69, 9.17) is 9.72 Å². The third-order valence-electron chi connectivity index (χ3n) is 8.35. The number of nitrogens with one attached hydrogen (secondary N) is 2. The SMILES string of the molecule is CC(C)(C)OC(=O)N[C@@H]1CCCN(C(=O)c2cc3c4c(c2)nc(-c2cc5ccccc5n2CC2CC2)n4CCN3)C1. The van der Waals surface area contributed by atoms with E-state index >= 15 is 0 Å². The fraction of sp³-hybridized carbons (Fsp3) is 0.469.